The number of nitrogens with zero attached hydrogens (tertiary/aromatic N) is 2. The van der Waals surface area contributed by atoms with Gasteiger partial charge in [0.2, 0.25) is 0 Å². The molecule has 0 aliphatic carbocycles. The minimum atomic E-state index is -0.843. The number of hydrogen-bond donors (Lipinski definition) is 3. The Morgan fingerprint density at radius 2 is 2.05 bits per heavy atom. The van der Waals surface area contributed by atoms with E-state index in [1.54, 1.807) is 19.1 Å². The van der Waals surface area contributed by atoms with Crippen LogP contribution >= 0.6 is 0 Å². The molecule has 104 valence electrons. The van der Waals surface area contributed by atoms with Gasteiger partial charge in [-0.2, -0.15) is 0 Å². The molecule has 6 nitrogen and oxygen atoms in total. The topological polar surface area (TPSA) is 95.3 Å². The summed E-state index contributed by atoms with van der Waals surface area (Å²) >= 11 is 0. The number of phenolic OH excluding ortho intramolecular Hbond substituents is 1. The molecule has 0 bridgehead atoms. The van der Waals surface area contributed by atoms with Crippen molar-refractivity contribution in [1.82, 2.24) is 15.3 Å². The lowest BCUT2D eigenvalue weighted by molar-refractivity contribution is 0.0915. The summed E-state index contributed by atoms with van der Waals surface area (Å²) in [6.07, 6.45) is 1.96. The average Bonchev–Trinajstić information content (AvgIpc) is 2.45. The quantitative estimate of drug-likeness (QED) is 0.771. The third-order valence-electron chi connectivity index (χ3n) is 2.89. The summed E-state index contributed by atoms with van der Waals surface area (Å²) in [5, 5.41) is 21.7. The van der Waals surface area contributed by atoms with Gasteiger partial charge in [-0.15, -0.1) is 0 Å². The standard InChI is InChI=1S/C14H15N3O3/c1-9-12(6-15-8-17-9)14(20)16-7-13(19)10-2-4-11(18)5-3-10/h2-6,8,13,18-19H,7H2,1H3,(H,16,20). The number of aliphatic hydroxyl groups is 1. The second kappa shape index (κ2) is 6.12. The van der Waals surface area contributed by atoms with E-state index in [0.29, 0.717) is 16.8 Å². The van der Waals surface area contributed by atoms with E-state index >= 15 is 0 Å². The van der Waals surface area contributed by atoms with Crippen LogP contribution in [0.1, 0.15) is 27.7 Å². The SMILES string of the molecule is Cc1ncncc1C(=O)NCC(O)c1ccc(O)cc1. The van der Waals surface area contributed by atoms with E-state index < -0.39 is 6.10 Å². The van der Waals surface area contributed by atoms with Gasteiger partial charge in [0.25, 0.3) is 5.91 Å². The van der Waals surface area contributed by atoms with E-state index in [4.69, 9.17) is 0 Å². The molecule has 2 aromatic rings. The van der Waals surface area contributed by atoms with E-state index in [-0.39, 0.29) is 18.2 Å². The molecule has 0 aliphatic heterocycles. The number of aryl methyl sites for hydroxylation is 1. The number of aromatic hydroxyl groups is 1. The molecule has 0 radical (unpaired) electrons. The fourth-order valence-corrected chi connectivity index (χ4v) is 1.71. The Morgan fingerprint density at radius 3 is 2.70 bits per heavy atom. The van der Waals surface area contributed by atoms with E-state index in [0.717, 1.165) is 0 Å². The Morgan fingerprint density at radius 1 is 1.35 bits per heavy atom. The van der Waals surface area contributed by atoms with Crippen LogP contribution in [0.25, 0.3) is 0 Å². The number of aromatic nitrogens is 2. The molecule has 1 aromatic heterocycles. The Bertz CT molecular complexity index is 599. The molecule has 0 spiro atoms. The van der Waals surface area contributed by atoms with Gasteiger partial charge >= 0.3 is 0 Å². The Labute approximate surface area is 116 Å². The molecule has 0 saturated carbocycles. The van der Waals surface area contributed by atoms with Crippen molar-refractivity contribution in [3.8, 4) is 5.75 Å². The number of rotatable bonds is 4. The van der Waals surface area contributed by atoms with Crippen molar-refractivity contribution in [2.45, 2.75) is 13.0 Å². The molecule has 1 atom stereocenters. The van der Waals surface area contributed by atoms with Crippen molar-refractivity contribution >= 4 is 5.91 Å². The fraction of sp³-hybridized carbons (Fsp3) is 0.214. The van der Waals surface area contributed by atoms with Crippen molar-refractivity contribution < 1.29 is 15.0 Å². The van der Waals surface area contributed by atoms with Crippen molar-refractivity contribution in [3.63, 3.8) is 0 Å². The first kappa shape index (κ1) is 14.0. The number of amides is 1. The number of phenols is 1. The highest BCUT2D eigenvalue weighted by molar-refractivity contribution is 5.94. The monoisotopic (exact) mass is 273 g/mol. The van der Waals surface area contributed by atoms with Gasteiger partial charge < -0.3 is 15.5 Å². The second-order valence-electron chi connectivity index (χ2n) is 4.34. The maximum atomic E-state index is 11.9. The lowest BCUT2D eigenvalue weighted by Crippen LogP contribution is -2.29. The minimum Gasteiger partial charge on any atom is -0.508 e. The summed E-state index contributed by atoms with van der Waals surface area (Å²) in [5.74, 6) is -0.206. The molecule has 0 saturated heterocycles. The molecule has 3 N–H and O–H groups in total. The van der Waals surface area contributed by atoms with Gasteiger partial charge in [0, 0.05) is 12.7 Å². The molecule has 1 heterocycles. The zero-order valence-corrected chi connectivity index (χ0v) is 10.9. The van der Waals surface area contributed by atoms with Crippen molar-refractivity contribution in [1.29, 1.82) is 0 Å². The highest BCUT2D eigenvalue weighted by Crippen LogP contribution is 2.16. The van der Waals surface area contributed by atoms with Crippen LogP contribution in [0.3, 0.4) is 0 Å². The fourth-order valence-electron chi connectivity index (χ4n) is 1.71. The third-order valence-corrected chi connectivity index (χ3v) is 2.89. The van der Waals surface area contributed by atoms with Gasteiger partial charge in [-0.25, -0.2) is 9.97 Å². The Balaban J connectivity index is 1.97. The molecular weight excluding hydrogens is 258 g/mol. The molecule has 2 rings (SSSR count). The van der Waals surface area contributed by atoms with Gasteiger partial charge in [0.15, 0.2) is 0 Å². The van der Waals surface area contributed by atoms with Crippen LogP contribution in [0, 0.1) is 6.92 Å². The number of carbonyl (C=O) groups excluding carboxylic acids is 1. The molecule has 0 fully saturated rings. The van der Waals surface area contributed by atoms with E-state index in [1.807, 2.05) is 0 Å². The first-order valence-electron chi connectivity index (χ1n) is 6.09. The zero-order chi connectivity index (χ0) is 14.5. The van der Waals surface area contributed by atoms with E-state index in [2.05, 4.69) is 15.3 Å². The largest absolute Gasteiger partial charge is 0.508 e. The predicted octanol–water partition coefficient (Wildman–Crippen LogP) is 0.954. The average molecular weight is 273 g/mol. The van der Waals surface area contributed by atoms with Crippen LogP contribution in [0.2, 0.25) is 0 Å². The Kier molecular flexibility index (Phi) is 4.27. The summed E-state index contributed by atoms with van der Waals surface area (Å²) in [7, 11) is 0. The van der Waals surface area contributed by atoms with Gasteiger partial charge in [-0.1, -0.05) is 12.1 Å². The molecule has 1 amide bonds. The van der Waals surface area contributed by atoms with Crippen LogP contribution in [0.5, 0.6) is 5.75 Å². The van der Waals surface area contributed by atoms with Crippen LogP contribution in [0.4, 0.5) is 0 Å². The van der Waals surface area contributed by atoms with Gasteiger partial charge in [0.1, 0.15) is 12.1 Å². The van der Waals surface area contributed by atoms with Gasteiger partial charge in [-0.3, -0.25) is 4.79 Å². The zero-order valence-electron chi connectivity index (χ0n) is 10.9. The molecule has 1 aromatic carbocycles. The first-order valence-corrected chi connectivity index (χ1v) is 6.09. The van der Waals surface area contributed by atoms with E-state index in [9.17, 15) is 15.0 Å². The molecule has 1 unspecified atom stereocenters. The van der Waals surface area contributed by atoms with Crippen LogP contribution < -0.4 is 5.32 Å². The van der Waals surface area contributed by atoms with Crippen molar-refractivity contribution in [2.24, 2.45) is 0 Å². The number of carbonyl (C=O) groups is 1. The Hall–Kier alpha value is -2.47. The maximum absolute atomic E-state index is 11.9. The summed E-state index contributed by atoms with van der Waals surface area (Å²) < 4.78 is 0. The summed E-state index contributed by atoms with van der Waals surface area (Å²) in [5.41, 5.74) is 1.58. The van der Waals surface area contributed by atoms with Crippen molar-refractivity contribution in [2.75, 3.05) is 6.54 Å². The molecule has 0 aliphatic rings. The lowest BCUT2D eigenvalue weighted by Gasteiger charge is -2.12. The van der Waals surface area contributed by atoms with Gasteiger partial charge in [0.05, 0.1) is 17.4 Å². The molecule has 6 heteroatoms. The van der Waals surface area contributed by atoms with Crippen LogP contribution in [0.15, 0.2) is 36.8 Å². The van der Waals surface area contributed by atoms with Crippen LogP contribution in [-0.2, 0) is 0 Å². The second-order valence-corrected chi connectivity index (χ2v) is 4.34. The number of hydrogen-bond acceptors (Lipinski definition) is 5. The number of nitrogens with one attached hydrogen (secondary N) is 1. The number of aliphatic hydroxyl groups excluding tert-OH is 1. The van der Waals surface area contributed by atoms with Crippen molar-refractivity contribution in [3.05, 3.63) is 53.6 Å². The van der Waals surface area contributed by atoms with Crippen LogP contribution in [-0.4, -0.2) is 32.6 Å². The summed E-state index contributed by atoms with van der Waals surface area (Å²) in [4.78, 5) is 19.6. The predicted molar refractivity (Wildman–Crippen MR) is 72.2 cm³/mol. The smallest absolute Gasteiger partial charge is 0.254 e. The maximum Gasteiger partial charge on any atom is 0.254 e. The first-order chi connectivity index (χ1) is 9.58. The van der Waals surface area contributed by atoms with Gasteiger partial charge in [-0.05, 0) is 24.6 Å². The highest BCUT2D eigenvalue weighted by atomic mass is 16.3. The lowest BCUT2D eigenvalue weighted by atomic mass is 10.1. The number of benzene rings is 1. The minimum absolute atomic E-state index is 0.0674. The normalized spacial score (nSPS) is 11.9. The summed E-state index contributed by atoms with van der Waals surface area (Å²) in [6, 6.07) is 6.16. The van der Waals surface area contributed by atoms with E-state index in [1.165, 1.54) is 24.7 Å². The molecular formula is C14H15N3O3. The molecule has 20 heavy (non-hydrogen) atoms. The third kappa shape index (κ3) is 3.30. The summed E-state index contributed by atoms with van der Waals surface area (Å²) in [6.45, 7) is 1.78. The highest BCUT2D eigenvalue weighted by Gasteiger charge is 2.13.